The molecule has 0 saturated heterocycles. The minimum atomic E-state index is -0.455. The second-order valence-corrected chi connectivity index (χ2v) is 4.79. The maximum atomic E-state index is 12.0. The molecular weight excluding hydrogens is 256 g/mol. The van der Waals surface area contributed by atoms with Gasteiger partial charge < -0.3 is 4.57 Å². The fraction of sp³-hybridized carbons (Fsp3) is 0.214. The van der Waals surface area contributed by atoms with Crippen molar-refractivity contribution in [3.8, 4) is 0 Å². The molecule has 1 aromatic carbocycles. The topological polar surface area (TPSA) is 72.7 Å². The largest absolute Gasteiger partial charge is 0.329 e. The number of benzene rings is 1. The average molecular weight is 270 g/mol. The molecule has 0 aliphatic heterocycles. The van der Waals surface area contributed by atoms with E-state index in [9.17, 15) is 9.59 Å². The summed E-state index contributed by atoms with van der Waals surface area (Å²) in [6.07, 6.45) is 1.59. The number of imidazole rings is 1. The monoisotopic (exact) mass is 270 g/mol. The van der Waals surface area contributed by atoms with Crippen LogP contribution in [0.25, 0.3) is 11.2 Å². The van der Waals surface area contributed by atoms with Crippen LogP contribution in [0.15, 0.2) is 40.2 Å². The number of aryl methyl sites for hydroxylation is 2. The van der Waals surface area contributed by atoms with Gasteiger partial charge in [0.2, 0.25) is 0 Å². The molecule has 0 radical (unpaired) electrons. The third-order valence-corrected chi connectivity index (χ3v) is 3.48. The fourth-order valence-electron chi connectivity index (χ4n) is 2.28. The van der Waals surface area contributed by atoms with Gasteiger partial charge in [-0.3, -0.25) is 14.3 Å². The molecule has 0 aliphatic carbocycles. The van der Waals surface area contributed by atoms with Crippen molar-refractivity contribution in [2.75, 3.05) is 0 Å². The van der Waals surface area contributed by atoms with Crippen LogP contribution in [0.5, 0.6) is 0 Å². The minimum absolute atomic E-state index is 0.396. The summed E-state index contributed by atoms with van der Waals surface area (Å²) in [5, 5.41) is 0. The molecule has 0 saturated carbocycles. The van der Waals surface area contributed by atoms with Gasteiger partial charge in [0.05, 0.1) is 6.33 Å². The summed E-state index contributed by atoms with van der Waals surface area (Å²) in [6.45, 7) is 2.57. The van der Waals surface area contributed by atoms with Gasteiger partial charge in [0.1, 0.15) is 0 Å². The maximum absolute atomic E-state index is 12.0. The third-order valence-electron chi connectivity index (χ3n) is 3.48. The van der Waals surface area contributed by atoms with Crippen LogP contribution in [-0.2, 0) is 13.6 Å². The Morgan fingerprint density at radius 3 is 2.75 bits per heavy atom. The Morgan fingerprint density at radius 1 is 1.25 bits per heavy atom. The zero-order valence-corrected chi connectivity index (χ0v) is 11.3. The summed E-state index contributed by atoms with van der Waals surface area (Å²) in [5.41, 5.74) is 2.20. The van der Waals surface area contributed by atoms with Crippen LogP contribution in [0.2, 0.25) is 0 Å². The zero-order chi connectivity index (χ0) is 14.3. The van der Waals surface area contributed by atoms with Crippen molar-refractivity contribution in [2.24, 2.45) is 7.05 Å². The van der Waals surface area contributed by atoms with Crippen molar-refractivity contribution in [3.05, 3.63) is 62.6 Å². The Balaban J connectivity index is 2.19. The van der Waals surface area contributed by atoms with Crippen molar-refractivity contribution in [3.63, 3.8) is 0 Å². The number of hydrogen-bond donors (Lipinski definition) is 1. The number of fused-ring (bicyclic) bond motifs is 1. The van der Waals surface area contributed by atoms with Gasteiger partial charge in [-0.05, 0) is 18.1 Å². The molecule has 3 rings (SSSR count). The van der Waals surface area contributed by atoms with Gasteiger partial charge in [-0.15, -0.1) is 0 Å². The summed E-state index contributed by atoms with van der Waals surface area (Å²) in [5.74, 6) is 0. The summed E-state index contributed by atoms with van der Waals surface area (Å²) in [6, 6.07) is 7.97. The first-order valence-corrected chi connectivity index (χ1v) is 6.26. The van der Waals surface area contributed by atoms with Gasteiger partial charge >= 0.3 is 5.69 Å². The summed E-state index contributed by atoms with van der Waals surface area (Å²) in [7, 11) is 1.59. The van der Waals surface area contributed by atoms with Gasteiger partial charge in [-0.25, -0.2) is 9.78 Å². The molecule has 0 amide bonds. The molecule has 3 aromatic rings. The molecule has 6 heteroatoms. The first-order valence-electron chi connectivity index (χ1n) is 6.26. The highest BCUT2D eigenvalue weighted by atomic mass is 16.2. The lowest BCUT2D eigenvalue weighted by Crippen LogP contribution is -2.29. The molecular formula is C14H14N4O2. The molecule has 20 heavy (non-hydrogen) atoms. The Labute approximate surface area is 114 Å². The van der Waals surface area contributed by atoms with Crippen molar-refractivity contribution < 1.29 is 0 Å². The molecule has 2 heterocycles. The predicted molar refractivity (Wildman–Crippen MR) is 75.9 cm³/mol. The van der Waals surface area contributed by atoms with Crippen LogP contribution in [0.1, 0.15) is 11.1 Å². The SMILES string of the molecule is Cc1ccccc1Cn1cnc2c1c(=O)[nH]c(=O)n2C. The number of nitrogens with zero attached hydrogens (tertiary/aromatic N) is 3. The molecule has 0 spiro atoms. The van der Waals surface area contributed by atoms with Gasteiger partial charge in [-0.2, -0.15) is 0 Å². The highest BCUT2D eigenvalue weighted by Crippen LogP contribution is 2.12. The van der Waals surface area contributed by atoms with E-state index in [4.69, 9.17) is 0 Å². The maximum Gasteiger partial charge on any atom is 0.329 e. The lowest BCUT2D eigenvalue weighted by atomic mass is 10.1. The van der Waals surface area contributed by atoms with Crippen LogP contribution >= 0.6 is 0 Å². The molecule has 102 valence electrons. The van der Waals surface area contributed by atoms with E-state index < -0.39 is 11.2 Å². The first kappa shape index (κ1) is 12.4. The van der Waals surface area contributed by atoms with Crippen molar-refractivity contribution >= 4 is 11.2 Å². The number of aromatic nitrogens is 4. The molecule has 0 fully saturated rings. The second-order valence-electron chi connectivity index (χ2n) is 4.79. The van der Waals surface area contributed by atoms with Gasteiger partial charge in [-0.1, -0.05) is 24.3 Å². The van der Waals surface area contributed by atoms with Crippen LogP contribution in [-0.4, -0.2) is 19.1 Å². The standard InChI is InChI=1S/C14H14N4O2/c1-9-5-3-4-6-10(9)7-18-8-15-12-11(18)13(19)16-14(20)17(12)2/h3-6,8H,7H2,1-2H3,(H,16,19,20). The highest BCUT2D eigenvalue weighted by molar-refractivity contribution is 5.69. The van der Waals surface area contributed by atoms with E-state index in [-0.39, 0.29) is 0 Å². The van der Waals surface area contributed by atoms with E-state index in [0.29, 0.717) is 17.7 Å². The molecule has 0 aliphatic rings. The average Bonchev–Trinajstić information content (AvgIpc) is 2.83. The van der Waals surface area contributed by atoms with Gasteiger partial charge in [0, 0.05) is 13.6 Å². The number of rotatable bonds is 2. The molecule has 0 atom stereocenters. The van der Waals surface area contributed by atoms with E-state index in [0.717, 1.165) is 11.1 Å². The highest BCUT2D eigenvalue weighted by Gasteiger charge is 2.12. The van der Waals surface area contributed by atoms with Crippen molar-refractivity contribution in [1.29, 1.82) is 0 Å². The Hall–Kier alpha value is -2.63. The van der Waals surface area contributed by atoms with Crippen LogP contribution < -0.4 is 11.2 Å². The van der Waals surface area contributed by atoms with Crippen LogP contribution in [0, 0.1) is 6.92 Å². The van der Waals surface area contributed by atoms with E-state index in [1.54, 1.807) is 17.9 Å². The molecule has 6 nitrogen and oxygen atoms in total. The molecule has 0 bridgehead atoms. The summed E-state index contributed by atoms with van der Waals surface area (Å²) < 4.78 is 3.10. The third kappa shape index (κ3) is 1.85. The van der Waals surface area contributed by atoms with Gasteiger partial charge in [0.15, 0.2) is 11.2 Å². The fourth-order valence-corrected chi connectivity index (χ4v) is 2.28. The van der Waals surface area contributed by atoms with Crippen LogP contribution in [0.3, 0.4) is 0 Å². The van der Waals surface area contributed by atoms with Crippen molar-refractivity contribution in [1.82, 2.24) is 19.1 Å². The lowest BCUT2D eigenvalue weighted by Gasteiger charge is -2.07. The molecule has 1 N–H and O–H groups in total. The summed E-state index contributed by atoms with van der Waals surface area (Å²) >= 11 is 0. The number of aromatic amines is 1. The number of hydrogen-bond acceptors (Lipinski definition) is 3. The quantitative estimate of drug-likeness (QED) is 0.748. The first-order chi connectivity index (χ1) is 9.58. The molecule has 2 aromatic heterocycles. The lowest BCUT2D eigenvalue weighted by molar-refractivity contribution is 0.803. The number of H-pyrrole nitrogens is 1. The Bertz CT molecular complexity index is 901. The minimum Gasteiger partial charge on any atom is -0.320 e. The number of nitrogens with one attached hydrogen (secondary N) is 1. The van der Waals surface area contributed by atoms with E-state index in [1.807, 2.05) is 31.2 Å². The van der Waals surface area contributed by atoms with Gasteiger partial charge in [0.25, 0.3) is 5.56 Å². The van der Waals surface area contributed by atoms with E-state index >= 15 is 0 Å². The zero-order valence-electron chi connectivity index (χ0n) is 11.3. The summed E-state index contributed by atoms with van der Waals surface area (Å²) in [4.78, 5) is 30.0. The van der Waals surface area contributed by atoms with Crippen LogP contribution in [0.4, 0.5) is 0 Å². The second kappa shape index (κ2) is 4.48. The predicted octanol–water partition coefficient (Wildman–Crippen LogP) is 0.780. The van der Waals surface area contributed by atoms with E-state index in [2.05, 4.69) is 9.97 Å². The smallest absolute Gasteiger partial charge is 0.320 e. The Morgan fingerprint density at radius 2 is 2.00 bits per heavy atom. The van der Waals surface area contributed by atoms with E-state index in [1.165, 1.54) is 4.57 Å². The Kier molecular flexibility index (Phi) is 2.78. The van der Waals surface area contributed by atoms with Crippen molar-refractivity contribution in [2.45, 2.75) is 13.5 Å². The normalized spacial score (nSPS) is 11.1. The molecule has 0 unspecified atom stereocenters.